The average molecular weight is 314 g/mol. The van der Waals surface area contributed by atoms with Crippen LogP contribution in [0.15, 0.2) is 66.0 Å². The van der Waals surface area contributed by atoms with Gasteiger partial charge in [0.25, 0.3) is 0 Å². The Balaban J connectivity index is 1.74. The summed E-state index contributed by atoms with van der Waals surface area (Å²) in [7, 11) is 0.864. The number of ether oxygens (including phenoxy) is 2. The molecule has 1 aromatic carbocycles. The van der Waals surface area contributed by atoms with Crippen molar-refractivity contribution in [1.29, 1.82) is 0 Å². The van der Waals surface area contributed by atoms with E-state index in [4.69, 9.17) is 9.47 Å². The predicted molar refractivity (Wildman–Crippen MR) is 90.4 cm³/mol. The van der Waals surface area contributed by atoms with Gasteiger partial charge in [-0.05, 0) is 30.1 Å². The summed E-state index contributed by atoms with van der Waals surface area (Å²) in [4.78, 5) is 0. The molecule has 0 radical (unpaired) electrons. The molecule has 1 N–H and O–H groups in total. The van der Waals surface area contributed by atoms with E-state index in [9.17, 15) is 5.11 Å². The van der Waals surface area contributed by atoms with Gasteiger partial charge in [-0.15, -0.1) is 0 Å². The van der Waals surface area contributed by atoms with Gasteiger partial charge >= 0.3 is 0 Å². The van der Waals surface area contributed by atoms with Crippen molar-refractivity contribution in [2.75, 3.05) is 6.61 Å². The second-order valence-electron chi connectivity index (χ2n) is 5.94. The first kappa shape index (κ1) is 15.3. The summed E-state index contributed by atoms with van der Waals surface area (Å²) >= 11 is 0. The first-order chi connectivity index (χ1) is 10.7. The molecule has 22 heavy (non-hydrogen) atoms. The van der Waals surface area contributed by atoms with Crippen LogP contribution in [0.3, 0.4) is 0 Å². The minimum Gasteiger partial charge on any atom is -0.490 e. The number of aliphatic hydroxyl groups excluding tert-OH is 1. The highest BCUT2D eigenvalue weighted by Crippen LogP contribution is 2.35. The average Bonchev–Trinajstić information content (AvgIpc) is 2.89. The highest BCUT2D eigenvalue weighted by atomic mass is 28.1. The lowest BCUT2D eigenvalue weighted by atomic mass is 9.99. The molecule has 1 saturated heterocycles. The van der Waals surface area contributed by atoms with E-state index in [-0.39, 0.29) is 5.22 Å². The Kier molecular flexibility index (Phi) is 4.62. The number of hydrogen-bond donors (Lipinski definition) is 1. The van der Waals surface area contributed by atoms with Crippen molar-refractivity contribution < 1.29 is 14.6 Å². The fraction of sp³-hybridized carbons (Fsp3) is 0.333. The molecule has 2 aliphatic rings. The van der Waals surface area contributed by atoms with Gasteiger partial charge in [0.15, 0.2) is 0 Å². The number of allylic oxidation sites excluding steroid dienone is 4. The van der Waals surface area contributed by atoms with E-state index < -0.39 is 6.10 Å². The molecule has 0 aromatic heterocycles. The van der Waals surface area contributed by atoms with Gasteiger partial charge in [0.05, 0.1) is 5.22 Å². The Bertz CT molecular complexity index is 598. The molecule has 2 atom stereocenters. The van der Waals surface area contributed by atoms with Crippen LogP contribution in [-0.4, -0.2) is 33.3 Å². The highest BCUT2D eigenvalue weighted by Gasteiger charge is 2.38. The summed E-state index contributed by atoms with van der Waals surface area (Å²) in [5.41, 5.74) is 2.02. The predicted octanol–water partition coefficient (Wildman–Crippen LogP) is 1.82. The van der Waals surface area contributed by atoms with E-state index in [0.717, 1.165) is 40.8 Å². The van der Waals surface area contributed by atoms with Crippen molar-refractivity contribution in [3.8, 4) is 0 Å². The zero-order chi connectivity index (χ0) is 15.4. The third-order valence-electron chi connectivity index (χ3n) is 4.29. The smallest absolute Gasteiger partial charge is 0.135 e. The minimum absolute atomic E-state index is 0.261. The van der Waals surface area contributed by atoms with Gasteiger partial charge in [0.1, 0.15) is 18.5 Å². The molecule has 116 valence electrons. The first-order valence-electron chi connectivity index (χ1n) is 7.77. The van der Waals surface area contributed by atoms with Gasteiger partial charge in [0.2, 0.25) is 0 Å². The second-order valence-corrected chi connectivity index (χ2v) is 7.55. The lowest BCUT2D eigenvalue weighted by Gasteiger charge is -2.31. The van der Waals surface area contributed by atoms with Crippen LogP contribution in [0.4, 0.5) is 0 Å². The first-order valence-corrected chi connectivity index (χ1v) is 8.77. The minimum atomic E-state index is -0.727. The fourth-order valence-corrected chi connectivity index (χ4v) is 3.98. The van der Waals surface area contributed by atoms with Gasteiger partial charge < -0.3 is 14.6 Å². The summed E-state index contributed by atoms with van der Waals surface area (Å²) in [6.45, 7) is 1.24. The summed E-state index contributed by atoms with van der Waals surface area (Å²) in [6, 6.07) is 9.99. The number of benzene rings is 1. The van der Waals surface area contributed by atoms with Crippen LogP contribution in [-0.2, 0) is 16.1 Å². The van der Waals surface area contributed by atoms with E-state index in [2.05, 4.69) is 0 Å². The molecule has 3 nitrogen and oxygen atoms in total. The maximum Gasteiger partial charge on any atom is 0.135 e. The molecule has 0 spiro atoms. The van der Waals surface area contributed by atoms with Crippen LogP contribution >= 0.6 is 0 Å². The fourth-order valence-electron chi connectivity index (χ4n) is 2.99. The summed E-state index contributed by atoms with van der Waals surface area (Å²) < 4.78 is 11.8. The standard InChI is InChI=1S/C18H22O3Si/c19-17-15(18(22)11-6-12-21-18)9-4-5-10-16(17)20-13-14-7-2-1-3-8-14/h1-5,7-10,17,19H,6,11-13H2,22H3/t17?,18-/m1/s1. The quantitative estimate of drug-likeness (QED) is 0.862. The molecule has 4 heteroatoms. The molecular weight excluding hydrogens is 292 g/mol. The second kappa shape index (κ2) is 6.65. The third-order valence-corrected chi connectivity index (χ3v) is 5.66. The molecular formula is C18H22O3Si. The van der Waals surface area contributed by atoms with Crippen LogP contribution in [0.5, 0.6) is 0 Å². The number of hydrogen-bond acceptors (Lipinski definition) is 3. The van der Waals surface area contributed by atoms with Crippen molar-refractivity contribution in [3.63, 3.8) is 0 Å². The largest absolute Gasteiger partial charge is 0.490 e. The Morgan fingerprint density at radius 3 is 2.73 bits per heavy atom. The van der Waals surface area contributed by atoms with Crippen LogP contribution in [0.2, 0.25) is 0 Å². The summed E-state index contributed by atoms with van der Waals surface area (Å²) in [6.07, 6.45) is 9.02. The topological polar surface area (TPSA) is 38.7 Å². The summed E-state index contributed by atoms with van der Waals surface area (Å²) in [5, 5.41) is 10.5. The normalized spacial score (nSPS) is 28.1. The molecule has 3 rings (SSSR count). The number of rotatable bonds is 4. The van der Waals surface area contributed by atoms with Crippen molar-refractivity contribution >= 4 is 10.2 Å². The van der Waals surface area contributed by atoms with E-state index in [1.165, 1.54) is 0 Å². The van der Waals surface area contributed by atoms with Gasteiger partial charge in [-0.1, -0.05) is 48.6 Å². The highest BCUT2D eigenvalue weighted by molar-refractivity contribution is 6.17. The van der Waals surface area contributed by atoms with Gasteiger partial charge in [-0.25, -0.2) is 0 Å². The van der Waals surface area contributed by atoms with Crippen LogP contribution in [0.25, 0.3) is 0 Å². The van der Waals surface area contributed by atoms with E-state index in [1.807, 2.05) is 54.6 Å². The van der Waals surface area contributed by atoms with Crippen molar-refractivity contribution in [1.82, 2.24) is 0 Å². The van der Waals surface area contributed by atoms with E-state index in [1.54, 1.807) is 0 Å². The maximum absolute atomic E-state index is 10.8. The Hall–Kier alpha value is -1.62. The zero-order valence-electron chi connectivity index (χ0n) is 12.9. The van der Waals surface area contributed by atoms with Crippen molar-refractivity contribution in [2.45, 2.75) is 30.8 Å². The van der Waals surface area contributed by atoms with Gasteiger partial charge in [0, 0.05) is 16.8 Å². The van der Waals surface area contributed by atoms with Crippen molar-refractivity contribution in [2.24, 2.45) is 0 Å². The molecule has 0 bridgehead atoms. The Morgan fingerprint density at radius 2 is 2.00 bits per heavy atom. The molecule has 1 fully saturated rings. The monoisotopic (exact) mass is 314 g/mol. The lowest BCUT2D eigenvalue weighted by molar-refractivity contribution is 0.0600. The maximum atomic E-state index is 10.8. The zero-order valence-corrected chi connectivity index (χ0v) is 14.9. The molecule has 1 aliphatic heterocycles. The molecule has 0 saturated carbocycles. The molecule has 1 aromatic rings. The van der Waals surface area contributed by atoms with Gasteiger partial charge in [-0.3, -0.25) is 0 Å². The summed E-state index contributed by atoms with van der Waals surface area (Å²) in [5.74, 6) is 0.592. The van der Waals surface area contributed by atoms with Crippen LogP contribution in [0.1, 0.15) is 18.4 Å². The Morgan fingerprint density at radius 1 is 1.23 bits per heavy atom. The Labute approximate surface area is 134 Å². The van der Waals surface area contributed by atoms with E-state index >= 15 is 0 Å². The van der Waals surface area contributed by atoms with Crippen molar-refractivity contribution in [3.05, 3.63) is 71.5 Å². The van der Waals surface area contributed by atoms with Crippen LogP contribution in [0, 0.1) is 0 Å². The molecule has 0 amide bonds. The van der Waals surface area contributed by atoms with E-state index in [0.29, 0.717) is 12.4 Å². The van der Waals surface area contributed by atoms with Gasteiger partial charge in [-0.2, -0.15) is 0 Å². The SMILES string of the molecule is OC1C(OCc2ccccc2)=CC=CC=C1[C@]1([SiH3])CCCO1. The molecule has 1 heterocycles. The molecule has 1 aliphatic carbocycles. The number of aliphatic hydroxyl groups is 1. The van der Waals surface area contributed by atoms with Crippen LogP contribution < -0.4 is 0 Å². The lowest BCUT2D eigenvalue weighted by Crippen LogP contribution is -2.37. The third kappa shape index (κ3) is 3.24. The molecule has 1 unspecified atom stereocenters.